The van der Waals surface area contributed by atoms with E-state index in [1.165, 1.54) is 0 Å². The van der Waals surface area contributed by atoms with Gasteiger partial charge in [0, 0.05) is 26.0 Å². The maximum atomic E-state index is 11.6. The molecule has 2 rings (SSSR count). The number of hydrogen-bond acceptors (Lipinski definition) is 3. The van der Waals surface area contributed by atoms with Crippen LogP contribution in [0.15, 0.2) is 24.3 Å². The number of fused-ring (bicyclic) bond motifs is 1. The van der Waals surface area contributed by atoms with Gasteiger partial charge in [-0.15, -0.1) is 0 Å². The number of rotatable bonds is 6. The molecule has 0 aliphatic rings. The standard InChI is InChI=1S/C14H19N3O2/c1-10(9-18)8-15-14(19)7-6-13-16-11-4-2-3-5-12(11)17-13/h2-5,10,18H,6-9H2,1H3,(H,15,19)(H,16,17). The molecule has 2 aromatic rings. The second-order valence-electron chi connectivity index (χ2n) is 4.79. The number of H-pyrrole nitrogens is 1. The van der Waals surface area contributed by atoms with Crippen molar-refractivity contribution in [2.75, 3.05) is 13.2 Å². The molecule has 0 bridgehead atoms. The molecule has 0 aliphatic heterocycles. The number of carbonyl (C=O) groups excluding carboxylic acids is 1. The maximum absolute atomic E-state index is 11.6. The largest absolute Gasteiger partial charge is 0.396 e. The first-order valence-corrected chi connectivity index (χ1v) is 6.50. The zero-order valence-electron chi connectivity index (χ0n) is 11.0. The molecule has 102 valence electrons. The Kier molecular flexibility index (Phi) is 4.52. The summed E-state index contributed by atoms with van der Waals surface area (Å²) in [4.78, 5) is 19.2. The van der Waals surface area contributed by atoms with Crippen LogP contribution in [0.4, 0.5) is 0 Å². The minimum absolute atomic E-state index is 0.0132. The van der Waals surface area contributed by atoms with Gasteiger partial charge in [0.25, 0.3) is 0 Å². The molecule has 0 saturated carbocycles. The van der Waals surface area contributed by atoms with E-state index >= 15 is 0 Å². The van der Waals surface area contributed by atoms with Crippen LogP contribution in [0.3, 0.4) is 0 Å². The monoisotopic (exact) mass is 261 g/mol. The third-order valence-electron chi connectivity index (χ3n) is 2.99. The molecule has 1 atom stereocenters. The number of nitrogens with one attached hydrogen (secondary N) is 2. The Hall–Kier alpha value is -1.88. The molecule has 19 heavy (non-hydrogen) atoms. The second-order valence-corrected chi connectivity index (χ2v) is 4.79. The highest BCUT2D eigenvalue weighted by molar-refractivity contribution is 5.77. The summed E-state index contributed by atoms with van der Waals surface area (Å²) in [6, 6.07) is 7.80. The molecular weight excluding hydrogens is 242 g/mol. The van der Waals surface area contributed by atoms with Gasteiger partial charge in [0.2, 0.25) is 5.91 Å². The van der Waals surface area contributed by atoms with Crippen molar-refractivity contribution < 1.29 is 9.90 Å². The predicted octanol–water partition coefficient (Wildman–Crippen LogP) is 1.24. The lowest BCUT2D eigenvalue weighted by Gasteiger charge is -2.08. The topological polar surface area (TPSA) is 78.0 Å². The highest BCUT2D eigenvalue weighted by atomic mass is 16.3. The number of aliphatic hydroxyl groups excluding tert-OH is 1. The number of para-hydroxylation sites is 2. The zero-order chi connectivity index (χ0) is 13.7. The summed E-state index contributed by atoms with van der Waals surface area (Å²) in [5.41, 5.74) is 1.92. The number of benzene rings is 1. The first-order valence-electron chi connectivity index (χ1n) is 6.50. The molecule has 1 aromatic heterocycles. The van der Waals surface area contributed by atoms with Crippen LogP contribution in [-0.2, 0) is 11.2 Å². The number of imidazole rings is 1. The minimum Gasteiger partial charge on any atom is -0.396 e. The Bertz CT molecular complexity index is 517. The molecule has 0 radical (unpaired) electrons. The van der Waals surface area contributed by atoms with Gasteiger partial charge in [-0.1, -0.05) is 19.1 Å². The number of nitrogens with zero attached hydrogens (tertiary/aromatic N) is 1. The summed E-state index contributed by atoms with van der Waals surface area (Å²) in [5, 5.41) is 11.7. The summed E-state index contributed by atoms with van der Waals surface area (Å²) in [7, 11) is 0. The third kappa shape index (κ3) is 3.79. The number of aryl methyl sites for hydroxylation is 1. The minimum atomic E-state index is -0.0132. The molecule has 5 nitrogen and oxygen atoms in total. The Morgan fingerprint density at radius 2 is 2.26 bits per heavy atom. The van der Waals surface area contributed by atoms with Gasteiger partial charge in [-0.2, -0.15) is 0 Å². The molecule has 5 heteroatoms. The van der Waals surface area contributed by atoms with Gasteiger partial charge in [-0.05, 0) is 18.1 Å². The van der Waals surface area contributed by atoms with Crippen molar-refractivity contribution >= 4 is 16.9 Å². The molecule has 0 spiro atoms. The molecule has 1 aromatic carbocycles. The van der Waals surface area contributed by atoms with E-state index in [4.69, 9.17) is 5.11 Å². The smallest absolute Gasteiger partial charge is 0.220 e. The lowest BCUT2D eigenvalue weighted by atomic mass is 10.2. The molecule has 3 N–H and O–H groups in total. The van der Waals surface area contributed by atoms with Crippen LogP contribution in [0.25, 0.3) is 11.0 Å². The molecule has 0 fully saturated rings. The summed E-state index contributed by atoms with van der Waals surface area (Å²) >= 11 is 0. The zero-order valence-corrected chi connectivity index (χ0v) is 11.0. The molecule has 1 amide bonds. The number of aromatic nitrogens is 2. The Morgan fingerprint density at radius 3 is 3.00 bits per heavy atom. The van der Waals surface area contributed by atoms with Crippen LogP contribution < -0.4 is 5.32 Å². The van der Waals surface area contributed by atoms with Gasteiger partial charge >= 0.3 is 0 Å². The number of hydrogen-bond donors (Lipinski definition) is 3. The maximum Gasteiger partial charge on any atom is 0.220 e. The van der Waals surface area contributed by atoms with Crippen molar-refractivity contribution in [2.45, 2.75) is 19.8 Å². The molecule has 1 unspecified atom stereocenters. The van der Waals surface area contributed by atoms with Crippen LogP contribution in [0.2, 0.25) is 0 Å². The van der Waals surface area contributed by atoms with Crippen LogP contribution in [0, 0.1) is 5.92 Å². The Labute approximate surface area is 112 Å². The fraction of sp³-hybridized carbons (Fsp3) is 0.429. The second kappa shape index (κ2) is 6.33. The van der Waals surface area contributed by atoms with E-state index in [1.807, 2.05) is 31.2 Å². The fourth-order valence-corrected chi connectivity index (χ4v) is 1.80. The van der Waals surface area contributed by atoms with Gasteiger partial charge in [-0.25, -0.2) is 4.98 Å². The number of amides is 1. The van der Waals surface area contributed by atoms with Gasteiger partial charge in [0.05, 0.1) is 11.0 Å². The number of aliphatic hydroxyl groups is 1. The lowest BCUT2D eigenvalue weighted by Crippen LogP contribution is -2.29. The summed E-state index contributed by atoms with van der Waals surface area (Å²) < 4.78 is 0. The first-order chi connectivity index (χ1) is 9.19. The average molecular weight is 261 g/mol. The normalized spacial score (nSPS) is 12.5. The quantitative estimate of drug-likeness (QED) is 0.732. The van der Waals surface area contributed by atoms with Gasteiger partial charge in [0.15, 0.2) is 0 Å². The van der Waals surface area contributed by atoms with Crippen molar-refractivity contribution in [3.63, 3.8) is 0 Å². The van der Waals surface area contributed by atoms with Gasteiger partial charge < -0.3 is 15.4 Å². The predicted molar refractivity (Wildman–Crippen MR) is 73.7 cm³/mol. The van der Waals surface area contributed by atoms with Crippen molar-refractivity contribution in [3.05, 3.63) is 30.1 Å². The van der Waals surface area contributed by atoms with E-state index < -0.39 is 0 Å². The van der Waals surface area contributed by atoms with E-state index in [2.05, 4.69) is 15.3 Å². The number of carbonyl (C=O) groups is 1. The van der Waals surface area contributed by atoms with Gasteiger partial charge in [-0.3, -0.25) is 4.79 Å². The van der Waals surface area contributed by atoms with Gasteiger partial charge in [0.1, 0.15) is 5.82 Å². The molecule has 0 saturated heterocycles. The highest BCUT2D eigenvalue weighted by Gasteiger charge is 2.07. The van der Waals surface area contributed by atoms with Crippen molar-refractivity contribution in [1.29, 1.82) is 0 Å². The van der Waals surface area contributed by atoms with E-state index in [0.29, 0.717) is 19.4 Å². The van der Waals surface area contributed by atoms with E-state index in [9.17, 15) is 4.79 Å². The van der Waals surface area contributed by atoms with Crippen molar-refractivity contribution in [3.8, 4) is 0 Å². The summed E-state index contributed by atoms with van der Waals surface area (Å²) in [6.07, 6.45) is 0.992. The fourth-order valence-electron chi connectivity index (χ4n) is 1.80. The Balaban J connectivity index is 1.83. The average Bonchev–Trinajstić information content (AvgIpc) is 2.85. The van der Waals surface area contributed by atoms with E-state index in [1.54, 1.807) is 0 Å². The van der Waals surface area contributed by atoms with Crippen LogP contribution >= 0.6 is 0 Å². The molecule has 0 aliphatic carbocycles. The van der Waals surface area contributed by atoms with Crippen LogP contribution in [0.5, 0.6) is 0 Å². The van der Waals surface area contributed by atoms with Crippen molar-refractivity contribution in [2.24, 2.45) is 5.92 Å². The first kappa shape index (κ1) is 13.5. The lowest BCUT2D eigenvalue weighted by molar-refractivity contribution is -0.121. The van der Waals surface area contributed by atoms with Crippen molar-refractivity contribution in [1.82, 2.24) is 15.3 Å². The number of aromatic amines is 1. The Morgan fingerprint density at radius 1 is 1.47 bits per heavy atom. The summed E-state index contributed by atoms with van der Waals surface area (Å²) in [5.74, 6) is 0.905. The SMILES string of the molecule is CC(CO)CNC(=O)CCc1nc2ccccc2[nH]1. The summed E-state index contributed by atoms with van der Waals surface area (Å²) in [6.45, 7) is 2.48. The van der Waals surface area contributed by atoms with E-state index in [-0.39, 0.29) is 18.4 Å². The third-order valence-corrected chi connectivity index (χ3v) is 2.99. The van der Waals surface area contributed by atoms with E-state index in [0.717, 1.165) is 16.9 Å². The highest BCUT2D eigenvalue weighted by Crippen LogP contribution is 2.11. The van der Waals surface area contributed by atoms with Crippen LogP contribution in [-0.4, -0.2) is 34.1 Å². The molecular formula is C14H19N3O2. The van der Waals surface area contributed by atoms with Crippen LogP contribution in [0.1, 0.15) is 19.2 Å². The molecule has 1 heterocycles.